The van der Waals surface area contributed by atoms with E-state index in [1.807, 2.05) is 0 Å². The van der Waals surface area contributed by atoms with Crippen molar-refractivity contribution in [2.45, 2.75) is 129 Å². The van der Waals surface area contributed by atoms with E-state index < -0.39 is 8.56 Å². The Balaban J connectivity index is 1.66. The molecule has 3 atom stereocenters. The number of hydrogen-bond acceptors (Lipinski definition) is 3. The molecule has 0 N–H and O–H groups in total. The van der Waals surface area contributed by atoms with E-state index in [2.05, 4.69) is 20.4 Å². The average Bonchev–Trinajstić information content (AvgIpc) is 3.45. The van der Waals surface area contributed by atoms with Gasteiger partial charge in [-0.25, -0.2) is 0 Å². The second-order valence-electron chi connectivity index (χ2n) is 9.09. The van der Waals surface area contributed by atoms with Gasteiger partial charge in [0.05, 0.1) is 12.2 Å². The van der Waals surface area contributed by atoms with Crippen LogP contribution in [0.3, 0.4) is 0 Å². The summed E-state index contributed by atoms with van der Waals surface area (Å²) in [7, 11) is -2.02. The van der Waals surface area contributed by atoms with Crippen molar-refractivity contribution in [3.63, 3.8) is 0 Å². The van der Waals surface area contributed by atoms with Crippen molar-refractivity contribution in [2.75, 3.05) is 13.2 Å². The van der Waals surface area contributed by atoms with Crippen molar-refractivity contribution in [2.24, 2.45) is 5.92 Å². The molecule has 0 aromatic carbocycles. The molecule has 0 radical (unpaired) electrons. The fourth-order valence-corrected chi connectivity index (χ4v) is 6.85. The van der Waals surface area contributed by atoms with E-state index in [0.29, 0.717) is 12.2 Å². The third-order valence-electron chi connectivity index (χ3n) is 6.43. The van der Waals surface area contributed by atoms with Gasteiger partial charge in [-0.1, -0.05) is 65.2 Å². The molecule has 0 aromatic rings. The largest absolute Gasteiger partial charge is 0.394 e. The molecule has 1 aliphatic heterocycles. The highest BCUT2D eigenvalue weighted by Gasteiger charge is 2.44. The van der Waals surface area contributed by atoms with Crippen LogP contribution in [0.25, 0.3) is 0 Å². The van der Waals surface area contributed by atoms with Crippen molar-refractivity contribution in [1.82, 2.24) is 0 Å². The van der Waals surface area contributed by atoms with Crippen LogP contribution in [0.5, 0.6) is 0 Å². The highest BCUT2D eigenvalue weighted by molar-refractivity contribution is 6.66. The quantitative estimate of drug-likeness (QED) is 0.150. The first-order chi connectivity index (χ1) is 13.2. The molecule has 27 heavy (non-hydrogen) atoms. The molecule has 3 unspecified atom stereocenters. The molecule has 1 heterocycles. The van der Waals surface area contributed by atoms with Crippen LogP contribution >= 0.6 is 0 Å². The van der Waals surface area contributed by atoms with Crippen LogP contribution in [0.1, 0.15) is 104 Å². The summed E-state index contributed by atoms with van der Waals surface area (Å²) in [4.78, 5) is 0. The van der Waals surface area contributed by atoms with Gasteiger partial charge in [-0.3, -0.25) is 0 Å². The summed E-state index contributed by atoms with van der Waals surface area (Å²) in [5.41, 5.74) is 0. The van der Waals surface area contributed by atoms with E-state index >= 15 is 0 Å². The van der Waals surface area contributed by atoms with E-state index in [0.717, 1.165) is 19.1 Å². The second kappa shape index (κ2) is 13.3. The van der Waals surface area contributed by atoms with Crippen LogP contribution in [0.2, 0.25) is 12.6 Å². The molecule has 1 saturated heterocycles. The van der Waals surface area contributed by atoms with Gasteiger partial charge < -0.3 is 13.6 Å². The summed E-state index contributed by atoms with van der Waals surface area (Å²) in [5.74, 6) is 0.835. The maximum atomic E-state index is 6.45. The Kier molecular flexibility index (Phi) is 11.6. The van der Waals surface area contributed by atoms with Gasteiger partial charge in [0.2, 0.25) is 0 Å². The molecular weight excluding hydrogens is 352 g/mol. The van der Waals surface area contributed by atoms with Crippen molar-refractivity contribution in [3.05, 3.63) is 0 Å². The Morgan fingerprint density at radius 1 is 0.778 bits per heavy atom. The third kappa shape index (κ3) is 9.91. The molecule has 2 fully saturated rings. The Bertz CT molecular complexity index is 361. The third-order valence-corrected chi connectivity index (χ3v) is 9.26. The zero-order valence-electron chi connectivity index (χ0n) is 18.5. The van der Waals surface area contributed by atoms with Crippen LogP contribution < -0.4 is 0 Å². The normalized spacial score (nSPS) is 24.8. The summed E-state index contributed by atoms with van der Waals surface area (Å²) in [6, 6.07) is 1.17. The highest BCUT2D eigenvalue weighted by Crippen LogP contribution is 2.41. The highest BCUT2D eigenvalue weighted by atomic mass is 28.4. The zero-order valence-corrected chi connectivity index (χ0v) is 19.5. The fourth-order valence-electron chi connectivity index (χ4n) is 4.39. The number of fused-ring (bicyclic) bond motifs is 1. The van der Waals surface area contributed by atoms with Crippen LogP contribution in [0.15, 0.2) is 0 Å². The summed E-state index contributed by atoms with van der Waals surface area (Å²) in [6.45, 7) is 8.68. The van der Waals surface area contributed by atoms with E-state index in [1.165, 1.54) is 95.9 Å². The minimum atomic E-state index is -2.02. The van der Waals surface area contributed by atoms with E-state index in [1.54, 1.807) is 0 Å². The van der Waals surface area contributed by atoms with Crippen molar-refractivity contribution >= 4 is 8.56 Å². The van der Waals surface area contributed by atoms with Crippen molar-refractivity contribution in [1.29, 1.82) is 0 Å². The molecule has 1 aliphatic carbocycles. The van der Waals surface area contributed by atoms with Crippen molar-refractivity contribution in [3.8, 4) is 0 Å². The Labute approximate surface area is 170 Å². The van der Waals surface area contributed by atoms with Gasteiger partial charge in [-0.2, -0.15) is 0 Å². The monoisotopic (exact) mass is 398 g/mol. The van der Waals surface area contributed by atoms with Crippen LogP contribution in [-0.4, -0.2) is 34.0 Å². The lowest BCUT2D eigenvalue weighted by molar-refractivity contribution is 0.163. The minimum absolute atomic E-state index is 0.593. The summed E-state index contributed by atoms with van der Waals surface area (Å²) >= 11 is 0. The van der Waals surface area contributed by atoms with Gasteiger partial charge in [-0.15, -0.1) is 0 Å². The number of unbranched alkanes of at least 4 members (excludes halogenated alkanes) is 8. The average molecular weight is 399 g/mol. The maximum absolute atomic E-state index is 6.45. The first-order valence-corrected chi connectivity index (χ1v) is 14.6. The number of epoxide rings is 1. The van der Waals surface area contributed by atoms with Gasteiger partial charge in [0.15, 0.2) is 0 Å². The van der Waals surface area contributed by atoms with Crippen LogP contribution in [0.4, 0.5) is 0 Å². The molecular formula is C23H46O3Si. The number of ether oxygens (including phenoxy) is 1. The van der Waals surface area contributed by atoms with Gasteiger partial charge >= 0.3 is 8.56 Å². The molecule has 2 rings (SSSR count). The van der Waals surface area contributed by atoms with E-state index in [-0.39, 0.29) is 0 Å². The smallest absolute Gasteiger partial charge is 0.334 e. The Hall–Kier alpha value is 0.0969. The molecule has 0 bridgehead atoms. The maximum Gasteiger partial charge on any atom is 0.334 e. The van der Waals surface area contributed by atoms with Crippen LogP contribution in [-0.2, 0) is 13.6 Å². The fraction of sp³-hybridized carbons (Fsp3) is 1.00. The number of hydrogen-bond donors (Lipinski definition) is 0. The van der Waals surface area contributed by atoms with E-state index in [4.69, 9.17) is 13.6 Å². The lowest BCUT2D eigenvalue weighted by atomic mass is 9.88. The molecule has 2 aliphatic rings. The van der Waals surface area contributed by atoms with Gasteiger partial charge in [0.25, 0.3) is 0 Å². The van der Waals surface area contributed by atoms with Crippen molar-refractivity contribution < 1.29 is 13.6 Å². The van der Waals surface area contributed by atoms with Gasteiger partial charge in [-0.05, 0) is 57.0 Å². The second-order valence-corrected chi connectivity index (χ2v) is 12.4. The lowest BCUT2D eigenvalue weighted by Crippen LogP contribution is -2.40. The predicted octanol–water partition coefficient (Wildman–Crippen LogP) is 6.99. The molecule has 160 valence electrons. The predicted molar refractivity (Wildman–Crippen MR) is 116 cm³/mol. The first-order valence-electron chi connectivity index (χ1n) is 12.1. The summed E-state index contributed by atoms with van der Waals surface area (Å²) < 4.78 is 18.6. The van der Waals surface area contributed by atoms with E-state index in [9.17, 15) is 0 Å². The zero-order chi connectivity index (χ0) is 19.4. The van der Waals surface area contributed by atoms with Crippen LogP contribution in [0, 0.1) is 5.92 Å². The minimum Gasteiger partial charge on any atom is -0.394 e. The molecule has 0 aromatic heterocycles. The molecule has 4 heteroatoms. The molecule has 1 saturated carbocycles. The SMILES string of the molecule is CCCCCCCO[Si](C)(CCC1CCC2OC2C1)OCCCCCCC. The van der Waals surface area contributed by atoms with Gasteiger partial charge in [0, 0.05) is 13.2 Å². The summed E-state index contributed by atoms with van der Waals surface area (Å²) in [5, 5.41) is 0. The molecule has 3 nitrogen and oxygen atoms in total. The lowest BCUT2D eigenvalue weighted by Gasteiger charge is -2.29. The Morgan fingerprint density at radius 3 is 1.93 bits per heavy atom. The molecule has 0 amide bonds. The topological polar surface area (TPSA) is 31.0 Å². The van der Waals surface area contributed by atoms with Gasteiger partial charge in [0.1, 0.15) is 0 Å². The Morgan fingerprint density at radius 2 is 1.37 bits per heavy atom. The molecule has 0 spiro atoms. The first kappa shape index (κ1) is 23.4. The number of rotatable bonds is 17. The summed E-state index contributed by atoms with van der Waals surface area (Å²) in [6.07, 6.45) is 19.4. The standard InChI is InChI=1S/C23H46O3Si/c1-4-6-8-10-12-17-24-27(3,25-18-13-11-9-7-5-2)19-16-21-14-15-22-23(20-21)26-22/h21-23H,4-20H2,1-3H3.